The number of hydrogen-bond donors (Lipinski definition) is 1. The fourth-order valence-corrected chi connectivity index (χ4v) is 3.33. The van der Waals surface area contributed by atoms with Gasteiger partial charge in [-0.3, -0.25) is 4.99 Å². The molecule has 0 atom stereocenters. The third-order valence-electron chi connectivity index (χ3n) is 5.74. The molecule has 2 aromatic rings. The van der Waals surface area contributed by atoms with Gasteiger partial charge in [-0.15, -0.1) is 0 Å². The molecule has 0 saturated carbocycles. The van der Waals surface area contributed by atoms with Crippen molar-refractivity contribution in [3.63, 3.8) is 0 Å². The summed E-state index contributed by atoms with van der Waals surface area (Å²) in [4.78, 5) is 11.3. The minimum Gasteiger partial charge on any atom is -0.356 e. The molecule has 0 amide bonds. The zero-order valence-corrected chi connectivity index (χ0v) is 15.5. The molecule has 1 fully saturated rings. The summed E-state index contributed by atoms with van der Waals surface area (Å²) in [6.45, 7) is 12.1. The third kappa shape index (κ3) is 2.76. The molecule has 0 bridgehead atoms. The number of aliphatic imine (C=N–C) groups is 1. The molecule has 5 nitrogen and oxygen atoms in total. The number of rotatable bonds is 4. The number of nitrogens with one attached hydrogen (secondary N) is 1. The molecule has 1 aliphatic rings. The largest absolute Gasteiger partial charge is 0.356 e. The van der Waals surface area contributed by atoms with Gasteiger partial charge in [-0.1, -0.05) is 26.0 Å². The van der Waals surface area contributed by atoms with Gasteiger partial charge in [0.25, 0.3) is 0 Å². The molecule has 2 heterocycles. The number of imidazole rings is 1. The topological polar surface area (TPSA) is 45.5 Å². The Kier molecular flexibility index (Phi) is 4.28. The molecule has 0 radical (unpaired) electrons. The fraction of sp³-hybridized carbons (Fsp3) is 0.579. The number of benzene rings is 1. The SMILES string of the molecule is CN=C(NCCCn1cnc2ccccc21)N1CC(C)(C)C1(C)C. The van der Waals surface area contributed by atoms with Crippen LogP contribution in [0, 0.1) is 5.41 Å². The predicted octanol–water partition coefficient (Wildman–Crippen LogP) is 3.12. The van der Waals surface area contributed by atoms with E-state index in [0.717, 1.165) is 37.5 Å². The van der Waals surface area contributed by atoms with Crippen LogP contribution in [0.15, 0.2) is 35.6 Å². The number of guanidine groups is 1. The van der Waals surface area contributed by atoms with E-state index in [2.05, 4.69) is 70.7 Å². The summed E-state index contributed by atoms with van der Waals surface area (Å²) in [5, 5.41) is 3.52. The van der Waals surface area contributed by atoms with Crippen molar-refractivity contribution in [2.45, 2.75) is 46.2 Å². The van der Waals surface area contributed by atoms with Crippen molar-refractivity contribution in [1.82, 2.24) is 19.8 Å². The normalized spacial score (nSPS) is 19.4. The summed E-state index contributed by atoms with van der Waals surface area (Å²) < 4.78 is 2.22. The predicted molar refractivity (Wildman–Crippen MR) is 100 cm³/mol. The molecule has 0 spiro atoms. The van der Waals surface area contributed by atoms with Gasteiger partial charge in [0.15, 0.2) is 5.96 Å². The maximum Gasteiger partial charge on any atom is 0.194 e. The van der Waals surface area contributed by atoms with Crippen molar-refractivity contribution in [2.24, 2.45) is 10.4 Å². The Morgan fingerprint density at radius 2 is 2.00 bits per heavy atom. The molecule has 0 unspecified atom stereocenters. The van der Waals surface area contributed by atoms with Crippen molar-refractivity contribution in [1.29, 1.82) is 0 Å². The number of likely N-dealkylation sites (tertiary alicyclic amines) is 1. The lowest BCUT2D eigenvalue weighted by Gasteiger charge is -2.62. The molecule has 1 aliphatic heterocycles. The van der Waals surface area contributed by atoms with Crippen LogP contribution in [-0.2, 0) is 6.54 Å². The first-order chi connectivity index (χ1) is 11.4. The van der Waals surface area contributed by atoms with Crippen LogP contribution >= 0.6 is 0 Å². The molecule has 5 heteroatoms. The van der Waals surface area contributed by atoms with E-state index in [0.29, 0.717) is 5.41 Å². The minimum absolute atomic E-state index is 0.134. The molecule has 1 aromatic heterocycles. The van der Waals surface area contributed by atoms with E-state index in [9.17, 15) is 0 Å². The van der Waals surface area contributed by atoms with Crippen molar-refractivity contribution >= 4 is 17.0 Å². The van der Waals surface area contributed by atoms with E-state index < -0.39 is 0 Å². The van der Waals surface area contributed by atoms with Gasteiger partial charge in [-0.05, 0) is 32.4 Å². The minimum atomic E-state index is 0.134. The van der Waals surface area contributed by atoms with Crippen LogP contribution in [0.25, 0.3) is 11.0 Å². The first-order valence-corrected chi connectivity index (χ1v) is 8.75. The number of aryl methyl sites for hydroxylation is 1. The zero-order chi connectivity index (χ0) is 17.4. The second-order valence-electron chi connectivity index (χ2n) is 7.78. The van der Waals surface area contributed by atoms with E-state index in [1.165, 1.54) is 5.52 Å². The summed E-state index contributed by atoms with van der Waals surface area (Å²) in [5.74, 6) is 1.01. The smallest absolute Gasteiger partial charge is 0.194 e. The molecule has 130 valence electrons. The van der Waals surface area contributed by atoms with Gasteiger partial charge in [0, 0.05) is 37.6 Å². The first-order valence-electron chi connectivity index (χ1n) is 8.75. The first kappa shape index (κ1) is 16.8. The van der Waals surface area contributed by atoms with Crippen molar-refractivity contribution in [2.75, 3.05) is 20.1 Å². The van der Waals surface area contributed by atoms with Crippen LogP contribution in [0.4, 0.5) is 0 Å². The zero-order valence-electron chi connectivity index (χ0n) is 15.5. The van der Waals surface area contributed by atoms with Gasteiger partial charge in [0.2, 0.25) is 0 Å². The van der Waals surface area contributed by atoms with Crippen LogP contribution in [0.2, 0.25) is 0 Å². The summed E-state index contributed by atoms with van der Waals surface area (Å²) in [5.41, 5.74) is 2.72. The van der Waals surface area contributed by atoms with E-state index in [4.69, 9.17) is 0 Å². The van der Waals surface area contributed by atoms with Crippen LogP contribution in [0.3, 0.4) is 0 Å². The monoisotopic (exact) mass is 327 g/mol. The lowest BCUT2D eigenvalue weighted by Crippen LogP contribution is -2.72. The Hall–Kier alpha value is -2.04. The lowest BCUT2D eigenvalue weighted by atomic mass is 9.65. The van der Waals surface area contributed by atoms with Gasteiger partial charge in [-0.25, -0.2) is 4.98 Å². The van der Waals surface area contributed by atoms with Crippen molar-refractivity contribution in [3.05, 3.63) is 30.6 Å². The maximum absolute atomic E-state index is 4.47. The molecule has 24 heavy (non-hydrogen) atoms. The van der Waals surface area contributed by atoms with Gasteiger partial charge in [0.05, 0.1) is 17.4 Å². The van der Waals surface area contributed by atoms with Crippen molar-refractivity contribution in [3.8, 4) is 0 Å². The molecule has 1 N–H and O–H groups in total. The number of nitrogens with zero attached hydrogens (tertiary/aromatic N) is 4. The molecule has 0 aliphatic carbocycles. The van der Waals surface area contributed by atoms with Gasteiger partial charge in [0.1, 0.15) is 0 Å². The Morgan fingerprint density at radius 3 is 2.67 bits per heavy atom. The number of fused-ring (bicyclic) bond motifs is 1. The fourth-order valence-electron chi connectivity index (χ4n) is 3.33. The highest BCUT2D eigenvalue weighted by molar-refractivity contribution is 5.82. The second kappa shape index (κ2) is 6.11. The number of aromatic nitrogens is 2. The number of para-hydroxylation sites is 2. The van der Waals surface area contributed by atoms with Crippen LogP contribution in [-0.4, -0.2) is 46.1 Å². The van der Waals surface area contributed by atoms with Crippen LogP contribution < -0.4 is 5.32 Å². The van der Waals surface area contributed by atoms with Crippen molar-refractivity contribution < 1.29 is 0 Å². The molecule has 1 saturated heterocycles. The standard InChI is InChI=1S/C19H29N5/c1-18(2)13-24(19(18,3)4)17(20-5)21-11-8-12-23-14-22-15-9-6-7-10-16(15)23/h6-7,9-10,14H,8,11-13H2,1-5H3,(H,20,21). The van der Waals surface area contributed by atoms with Crippen LogP contribution in [0.1, 0.15) is 34.1 Å². The molecular weight excluding hydrogens is 298 g/mol. The second-order valence-corrected chi connectivity index (χ2v) is 7.78. The third-order valence-corrected chi connectivity index (χ3v) is 5.74. The van der Waals surface area contributed by atoms with Crippen LogP contribution in [0.5, 0.6) is 0 Å². The van der Waals surface area contributed by atoms with E-state index in [1.54, 1.807) is 0 Å². The number of hydrogen-bond acceptors (Lipinski definition) is 2. The average Bonchev–Trinajstić information content (AvgIpc) is 2.97. The summed E-state index contributed by atoms with van der Waals surface area (Å²) in [6.07, 6.45) is 2.97. The molecular formula is C19H29N5. The summed E-state index contributed by atoms with van der Waals surface area (Å²) in [7, 11) is 1.87. The van der Waals surface area contributed by atoms with E-state index >= 15 is 0 Å². The van der Waals surface area contributed by atoms with E-state index in [-0.39, 0.29) is 5.54 Å². The highest BCUT2D eigenvalue weighted by Gasteiger charge is 2.53. The van der Waals surface area contributed by atoms with Gasteiger partial charge >= 0.3 is 0 Å². The maximum atomic E-state index is 4.47. The van der Waals surface area contributed by atoms with Gasteiger partial charge in [-0.2, -0.15) is 0 Å². The van der Waals surface area contributed by atoms with Gasteiger partial charge < -0.3 is 14.8 Å². The average molecular weight is 327 g/mol. The molecule has 1 aromatic carbocycles. The van der Waals surface area contributed by atoms with E-state index in [1.807, 2.05) is 19.4 Å². The molecule has 3 rings (SSSR count). The highest BCUT2D eigenvalue weighted by Crippen LogP contribution is 2.46. The Bertz CT molecular complexity index is 741. The highest BCUT2D eigenvalue weighted by atomic mass is 15.4. The Balaban J connectivity index is 1.53. The summed E-state index contributed by atoms with van der Waals surface area (Å²) in [6, 6.07) is 8.27. The lowest BCUT2D eigenvalue weighted by molar-refractivity contribution is -0.0667. The Labute approximate surface area is 144 Å². The Morgan fingerprint density at radius 1 is 1.25 bits per heavy atom. The quantitative estimate of drug-likeness (QED) is 0.533. The summed E-state index contributed by atoms with van der Waals surface area (Å²) >= 11 is 0.